The average molecular weight is 451 g/mol. The third kappa shape index (κ3) is 4.72. The number of hydrogen-bond donors (Lipinski definition) is 3. The van der Waals surface area contributed by atoms with Crippen molar-refractivity contribution in [1.29, 1.82) is 0 Å². The van der Waals surface area contributed by atoms with E-state index in [1.807, 2.05) is 36.4 Å². The fourth-order valence-corrected chi connectivity index (χ4v) is 4.89. The van der Waals surface area contributed by atoms with Crippen LogP contribution in [0.5, 0.6) is 0 Å². The number of fused-ring (bicyclic) bond motifs is 3. The molecule has 0 aromatic heterocycles. The molecule has 1 fully saturated rings. The van der Waals surface area contributed by atoms with Crippen LogP contribution in [0, 0.1) is 5.92 Å². The predicted molar refractivity (Wildman–Crippen MR) is 124 cm³/mol. The molecule has 0 bridgehead atoms. The molecular formula is C26H30N2O5. The van der Waals surface area contributed by atoms with E-state index in [1.54, 1.807) is 13.8 Å². The quantitative estimate of drug-likeness (QED) is 0.616. The van der Waals surface area contributed by atoms with Gasteiger partial charge >= 0.3 is 12.1 Å². The summed E-state index contributed by atoms with van der Waals surface area (Å²) in [5.74, 6) is -2.00. The summed E-state index contributed by atoms with van der Waals surface area (Å²) in [5.41, 5.74) is 3.26. The summed E-state index contributed by atoms with van der Waals surface area (Å²) in [6.07, 6.45) is 2.18. The number of nitrogens with one attached hydrogen (secondary N) is 2. The van der Waals surface area contributed by atoms with Gasteiger partial charge in [-0.25, -0.2) is 4.79 Å². The Morgan fingerprint density at radius 1 is 0.970 bits per heavy atom. The van der Waals surface area contributed by atoms with Gasteiger partial charge in [0.05, 0.1) is 5.92 Å². The van der Waals surface area contributed by atoms with Crippen LogP contribution < -0.4 is 10.6 Å². The predicted octanol–water partition coefficient (Wildman–Crippen LogP) is 4.06. The van der Waals surface area contributed by atoms with Crippen molar-refractivity contribution in [2.75, 3.05) is 6.61 Å². The fourth-order valence-electron chi connectivity index (χ4n) is 4.89. The van der Waals surface area contributed by atoms with Crippen LogP contribution in [0.1, 0.15) is 56.6 Å². The normalized spacial score (nSPS) is 19.8. The zero-order chi connectivity index (χ0) is 23.6. The van der Waals surface area contributed by atoms with Crippen molar-refractivity contribution in [3.8, 4) is 11.1 Å². The van der Waals surface area contributed by atoms with Gasteiger partial charge in [0.2, 0.25) is 5.91 Å². The first-order chi connectivity index (χ1) is 15.8. The summed E-state index contributed by atoms with van der Waals surface area (Å²) >= 11 is 0. The molecule has 0 unspecified atom stereocenters. The highest BCUT2D eigenvalue weighted by Crippen LogP contribution is 2.44. The van der Waals surface area contributed by atoms with Crippen LogP contribution in [0.25, 0.3) is 11.1 Å². The lowest BCUT2D eigenvalue weighted by Crippen LogP contribution is -2.58. The zero-order valence-corrected chi connectivity index (χ0v) is 19.0. The molecule has 0 spiro atoms. The van der Waals surface area contributed by atoms with Crippen molar-refractivity contribution in [1.82, 2.24) is 10.6 Å². The first-order valence-electron chi connectivity index (χ1n) is 11.4. The van der Waals surface area contributed by atoms with E-state index in [0.717, 1.165) is 35.1 Å². The van der Waals surface area contributed by atoms with Crippen LogP contribution >= 0.6 is 0 Å². The van der Waals surface area contributed by atoms with Crippen molar-refractivity contribution in [2.24, 2.45) is 5.92 Å². The topological polar surface area (TPSA) is 105 Å². The van der Waals surface area contributed by atoms with Gasteiger partial charge in [-0.1, -0.05) is 61.4 Å². The molecule has 174 valence electrons. The number of carboxylic acids is 1. The van der Waals surface area contributed by atoms with E-state index in [-0.39, 0.29) is 12.5 Å². The number of carboxylic acid groups (broad SMARTS) is 1. The summed E-state index contributed by atoms with van der Waals surface area (Å²) in [4.78, 5) is 37.0. The second-order valence-corrected chi connectivity index (χ2v) is 9.38. The van der Waals surface area contributed by atoms with E-state index < -0.39 is 35.5 Å². The number of aliphatic carboxylic acids is 1. The number of carbonyl (C=O) groups is 3. The smallest absolute Gasteiger partial charge is 0.408 e. The average Bonchev–Trinajstić information content (AvgIpc) is 3.11. The van der Waals surface area contributed by atoms with Crippen LogP contribution in [0.2, 0.25) is 0 Å². The molecule has 7 nitrogen and oxygen atoms in total. The highest BCUT2D eigenvalue weighted by atomic mass is 16.5. The van der Waals surface area contributed by atoms with Crippen molar-refractivity contribution in [2.45, 2.75) is 57.0 Å². The number of benzene rings is 2. The largest absolute Gasteiger partial charge is 0.481 e. The summed E-state index contributed by atoms with van der Waals surface area (Å²) in [7, 11) is 0. The Balaban J connectivity index is 1.37. The van der Waals surface area contributed by atoms with E-state index in [0.29, 0.717) is 12.8 Å². The van der Waals surface area contributed by atoms with Crippen LogP contribution in [-0.2, 0) is 14.3 Å². The number of amides is 2. The monoisotopic (exact) mass is 450 g/mol. The Kier molecular flexibility index (Phi) is 6.40. The SMILES string of the molecule is CC(C)(NC(=O)OCC1c2ccccc2-c2ccccc21)C(=O)N[C@H]1CCCC[C@H]1C(=O)O. The molecular weight excluding hydrogens is 420 g/mol. The number of rotatable bonds is 6. The Morgan fingerprint density at radius 2 is 1.55 bits per heavy atom. The molecule has 33 heavy (non-hydrogen) atoms. The van der Waals surface area contributed by atoms with Crippen molar-refractivity contribution < 1.29 is 24.2 Å². The lowest BCUT2D eigenvalue weighted by molar-refractivity contribution is -0.144. The van der Waals surface area contributed by atoms with Crippen molar-refractivity contribution >= 4 is 18.0 Å². The van der Waals surface area contributed by atoms with Gasteiger partial charge in [-0.05, 0) is 48.9 Å². The third-order valence-electron chi connectivity index (χ3n) is 6.73. The first-order valence-corrected chi connectivity index (χ1v) is 11.4. The van der Waals surface area contributed by atoms with Gasteiger partial charge in [0.25, 0.3) is 0 Å². The fraction of sp³-hybridized carbons (Fsp3) is 0.423. The lowest BCUT2D eigenvalue weighted by atomic mass is 9.84. The summed E-state index contributed by atoms with van der Waals surface area (Å²) in [5, 5.41) is 14.9. The van der Waals surface area contributed by atoms with Gasteiger partial charge in [0.15, 0.2) is 0 Å². The minimum absolute atomic E-state index is 0.0707. The second kappa shape index (κ2) is 9.25. The van der Waals surface area contributed by atoms with Crippen LogP contribution in [-0.4, -0.2) is 41.3 Å². The van der Waals surface area contributed by atoms with Gasteiger partial charge in [0.1, 0.15) is 12.1 Å². The maximum atomic E-state index is 12.9. The summed E-state index contributed by atoms with van der Waals surface area (Å²) in [6.45, 7) is 3.33. The second-order valence-electron chi connectivity index (χ2n) is 9.38. The molecule has 4 rings (SSSR count). The molecule has 0 aliphatic heterocycles. The van der Waals surface area contributed by atoms with Crippen molar-refractivity contribution in [3.05, 3.63) is 59.7 Å². The third-order valence-corrected chi connectivity index (χ3v) is 6.73. The maximum absolute atomic E-state index is 12.9. The van der Waals surface area contributed by atoms with E-state index in [9.17, 15) is 19.5 Å². The summed E-state index contributed by atoms with van der Waals surface area (Å²) < 4.78 is 5.55. The van der Waals surface area contributed by atoms with Crippen LogP contribution in [0.4, 0.5) is 4.79 Å². The Morgan fingerprint density at radius 3 is 2.15 bits per heavy atom. The van der Waals surface area contributed by atoms with E-state index in [4.69, 9.17) is 4.74 Å². The Bertz CT molecular complexity index is 1020. The molecule has 0 saturated heterocycles. The zero-order valence-electron chi connectivity index (χ0n) is 19.0. The lowest BCUT2D eigenvalue weighted by Gasteiger charge is -2.33. The van der Waals surface area contributed by atoms with Gasteiger partial charge in [-0.3, -0.25) is 9.59 Å². The molecule has 0 radical (unpaired) electrons. The number of hydrogen-bond acceptors (Lipinski definition) is 4. The first kappa shape index (κ1) is 22.8. The number of carbonyl (C=O) groups excluding carboxylic acids is 2. The Hall–Kier alpha value is -3.35. The molecule has 2 aliphatic carbocycles. The molecule has 1 saturated carbocycles. The van der Waals surface area contributed by atoms with Gasteiger partial charge < -0.3 is 20.5 Å². The van der Waals surface area contributed by atoms with Crippen LogP contribution in [0.3, 0.4) is 0 Å². The molecule has 3 N–H and O–H groups in total. The standard InChI is InChI=1S/C26H30N2O5/c1-26(2,24(31)27-22-14-8-7-13-20(22)23(29)30)28-25(32)33-15-21-18-11-5-3-9-16(18)17-10-4-6-12-19(17)21/h3-6,9-12,20-22H,7-8,13-15H2,1-2H3,(H,27,31)(H,28,32)(H,29,30)/t20-,22+/m1/s1. The molecule has 0 heterocycles. The highest BCUT2D eigenvalue weighted by molar-refractivity contribution is 5.89. The summed E-state index contributed by atoms with van der Waals surface area (Å²) in [6, 6.07) is 15.7. The molecule has 2 aromatic rings. The number of ether oxygens (including phenoxy) is 1. The Labute approximate surface area is 193 Å². The molecule has 2 amide bonds. The highest BCUT2D eigenvalue weighted by Gasteiger charge is 2.37. The van der Waals surface area contributed by atoms with E-state index in [1.165, 1.54) is 0 Å². The van der Waals surface area contributed by atoms with Crippen LogP contribution in [0.15, 0.2) is 48.5 Å². The van der Waals surface area contributed by atoms with Gasteiger partial charge in [-0.2, -0.15) is 0 Å². The number of alkyl carbamates (subject to hydrolysis) is 1. The minimum atomic E-state index is -1.25. The maximum Gasteiger partial charge on any atom is 0.408 e. The minimum Gasteiger partial charge on any atom is -0.481 e. The van der Waals surface area contributed by atoms with Gasteiger partial charge in [0, 0.05) is 12.0 Å². The molecule has 2 atom stereocenters. The molecule has 2 aromatic carbocycles. The van der Waals surface area contributed by atoms with E-state index >= 15 is 0 Å². The van der Waals surface area contributed by atoms with Crippen molar-refractivity contribution in [3.63, 3.8) is 0 Å². The van der Waals surface area contributed by atoms with Gasteiger partial charge in [-0.15, -0.1) is 0 Å². The van der Waals surface area contributed by atoms with E-state index in [2.05, 4.69) is 22.8 Å². The molecule has 2 aliphatic rings. The molecule has 7 heteroatoms.